The molecule has 0 fully saturated rings. The van der Waals surface area contributed by atoms with Crippen LogP contribution >= 0.6 is 0 Å². The van der Waals surface area contributed by atoms with Crippen molar-refractivity contribution in [2.75, 3.05) is 0 Å². The third-order valence-corrected chi connectivity index (χ3v) is 2.22. The lowest BCUT2D eigenvalue weighted by molar-refractivity contribution is -0.386. The minimum atomic E-state index is -1.55. The molecule has 1 N–H and O–H groups in total. The van der Waals surface area contributed by atoms with Crippen LogP contribution in [0, 0.1) is 16.1 Å². The molecular formula is C10H9FN2O5. The number of halogens is 1. The number of nitro groups is 1. The van der Waals surface area contributed by atoms with Crippen LogP contribution < -0.4 is 0 Å². The Balaban J connectivity index is 2.72. The van der Waals surface area contributed by atoms with Crippen molar-refractivity contribution >= 4 is 17.4 Å². The molecule has 7 nitrogen and oxygen atoms in total. The Morgan fingerprint density at radius 3 is 2.72 bits per heavy atom. The number of aryl methyl sites for hydroxylation is 1. The minimum absolute atomic E-state index is 0.0365. The Hall–Kier alpha value is -2.38. The molecule has 1 aromatic rings. The molecule has 0 aliphatic carbocycles. The number of carbonyl (C=O) groups excluding carboxylic acids is 1. The normalized spacial score (nSPS) is 10.1. The molecule has 1 rings (SSSR count). The van der Waals surface area contributed by atoms with Crippen LogP contribution in [0.5, 0.6) is 0 Å². The first-order valence-corrected chi connectivity index (χ1v) is 4.96. The van der Waals surface area contributed by atoms with Crippen LogP contribution in [0.4, 0.5) is 10.1 Å². The predicted octanol–water partition coefficient (Wildman–Crippen LogP) is 1.11. The molecular weight excluding hydrogens is 247 g/mol. The number of Topliss-reactive ketones (excluding diaryl/α,β-unsaturated/α-hetero) is 1. The fraction of sp³-hybridized carbons (Fsp3) is 0.300. The highest BCUT2D eigenvalue weighted by atomic mass is 19.1. The fourth-order valence-corrected chi connectivity index (χ4v) is 1.37. The van der Waals surface area contributed by atoms with Gasteiger partial charge in [-0.25, -0.2) is 9.78 Å². The third-order valence-electron chi connectivity index (χ3n) is 2.22. The van der Waals surface area contributed by atoms with E-state index in [1.54, 1.807) is 0 Å². The third kappa shape index (κ3) is 3.58. The summed E-state index contributed by atoms with van der Waals surface area (Å²) in [6.07, 6.45) is 0.671. The average molecular weight is 256 g/mol. The van der Waals surface area contributed by atoms with Crippen molar-refractivity contribution in [1.29, 1.82) is 0 Å². The highest BCUT2D eigenvalue weighted by molar-refractivity contribution is 6.32. The SMILES string of the molecule is O=C(O)C(=O)CCCc1cc(F)ncc1[N+](=O)[O-]. The first-order valence-electron chi connectivity index (χ1n) is 4.96. The van der Waals surface area contributed by atoms with Crippen LogP contribution in [-0.2, 0) is 16.0 Å². The number of carboxylic acids is 1. The topological polar surface area (TPSA) is 110 Å². The van der Waals surface area contributed by atoms with E-state index >= 15 is 0 Å². The van der Waals surface area contributed by atoms with Gasteiger partial charge in [0.15, 0.2) is 0 Å². The van der Waals surface area contributed by atoms with E-state index in [1.807, 2.05) is 0 Å². The van der Waals surface area contributed by atoms with Gasteiger partial charge >= 0.3 is 5.97 Å². The van der Waals surface area contributed by atoms with E-state index in [4.69, 9.17) is 5.11 Å². The van der Waals surface area contributed by atoms with Gasteiger partial charge in [-0.1, -0.05) is 0 Å². The molecule has 0 radical (unpaired) electrons. The van der Waals surface area contributed by atoms with Crippen LogP contribution in [0.2, 0.25) is 0 Å². The molecule has 0 atom stereocenters. The fourth-order valence-electron chi connectivity index (χ4n) is 1.37. The Bertz CT molecular complexity index is 503. The van der Waals surface area contributed by atoms with Gasteiger partial charge < -0.3 is 5.11 Å². The first kappa shape index (κ1) is 13.7. The Morgan fingerprint density at radius 2 is 2.17 bits per heavy atom. The van der Waals surface area contributed by atoms with Crippen molar-refractivity contribution in [3.8, 4) is 0 Å². The van der Waals surface area contributed by atoms with E-state index in [-0.39, 0.29) is 30.5 Å². The van der Waals surface area contributed by atoms with E-state index in [9.17, 15) is 24.1 Å². The van der Waals surface area contributed by atoms with Crippen LogP contribution in [0.25, 0.3) is 0 Å². The highest BCUT2D eigenvalue weighted by Crippen LogP contribution is 2.19. The zero-order valence-electron chi connectivity index (χ0n) is 9.13. The number of hydrogen-bond acceptors (Lipinski definition) is 5. The summed E-state index contributed by atoms with van der Waals surface area (Å²) < 4.78 is 12.8. The zero-order valence-corrected chi connectivity index (χ0v) is 9.13. The molecule has 0 spiro atoms. The van der Waals surface area contributed by atoms with Gasteiger partial charge in [0.1, 0.15) is 6.20 Å². The molecule has 0 bridgehead atoms. The number of carbonyl (C=O) groups is 2. The summed E-state index contributed by atoms with van der Waals surface area (Å²) >= 11 is 0. The van der Waals surface area contributed by atoms with E-state index in [0.29, 0.717) is 0 Å². The molecule has 0 unspecified atom stereocenters. The van der Waals surface area contributed by atoms with Crippen LogP contribution in [0.3, 0.4) is 0 Å². The predicted molar refractivity (Wildman–Crippen MR) is 56.4 cm³/mol. The van der Waals surface area contributed by atoms with Gasteiger partial charge in [-0.2, -0.15) is 4.39 Å². The van der Waals surface area contributed by atoms with Crippen LogP contribution in [-0.4, -0.2) is 26.8 Å². The van der Waals surface area contributed by atoms with Crippen molar-refractivity contribution in [2.24, 2.45) is 0 Å². The molecule has 0 saturated heterocycles. The van der Waals surface area contributed by atoms with Crippen molar-refractivity contribution < 1.29 is 24.0 Å². The number of rotatable bonds is 6. The Kier molecular flexibility index (Phi) is 4.41. The lowest BCUT2D eigenvalue weighted by atomic mass is 10.1. The number of aliphatic carboxylic acids is 1. The number of hydrogen-bond donors (Lipinski definition) is 1. The molecule has 0 aliphatic heterocycles. The van der Waals surface area contributed by atoms with E-state index in [1.165, 1.54) is 0 Å². The maximum absolute atomic E-state index is 12.8. The molecule has 1 aromatic heterocycles. The van der Waals surface area contributed by atoms with Crippen molar-refractivity contribution in [3.05, 3.63) is 33.9 Å². The average Bonchev–Trinajstić information content (AvgIpc) is 2.28. The van der Waals surface area contributed by atoms with Gasteiger partial charge in [0.05, 0.1) is 4.92 Å². The molecule has 0 aliphatic rings. The molecule has 0 aromatic carbocycles. The van der Waals surface area contributed by atoms with Crippen LogP contribution in [0.15, 0.2) is 12.3 Å². The van der Waals surface area contributed by atoms with Gasteiger partial charge in [-0.15, -0.1) is 0 Å². The number of carboxylic acid groups (broad SMARTS) is 1. The standard InChI is InChI=1S/C10H9FN2O5/c11-9-4-6(7(5-12-9)13(17)18)2-1-3-8(14)10(15)16/h4-5H,1-3H2,(H,15,16). The van der Waals surface area contributed by atoms with Crippen molar-refractivity contribution in [3.63, 3.8) is 0 Å². The summed E-state index contributed by atoms with van der Waals surface area (Å²) in [5.41, 5.74) is -0.259. The zero-order chi connectivity index (χ0) is 13.7. The largest absolute Gasteiger partial charge is 0.476 e. The van der Waals surface area contributed by atoms with Gasteiger partial charge in [-0.3, -0.25) is 14.9 Å². The van der Waals surface area contributed by atoms with Gasteiger partial charge in [-0.05, 0) is 12.8 Å². The van der Waals surface area contributed by atoms with Crippen LogP contribution in [0.1, 0.15) is 18.4 Å². The van der Waals surface area contributed by atoms with E-state index in [0.717, 1.165) is 12.3 Å². The summed E-state index contributed by atoms with van der Waals surface area (Å²) in [6, 6.07) is 0.906. The Morgan fingerprint density at radius 1 is 1.50 bits per heavy atom. The molecule has 8 heteroatoms. The second kappa shape index (κ2) is 5.80. The van der Waals surface area contributed by atoms with Crippen molar-refractivity contribution in [2.45, 2.75) is 19.3 Å². The summed E-state index contributed by atoms with van der Waals surface area (Å²) in [5.74, 6) is -3.39. The molecule has 0 saturated carbocycles. The second-order valence-corrected chi connectivity index (χ2v) is 3.47. The first-order chi connectivity index (χ1) is 8.41. The molecule has 18 heavy (non-hydrogen) atoms. The summed E-state index contributed by atoms with van der Waals surface area (Å²) in [7, 11) is 0. The number of nitrogens with zero attached hydrogens (tertiary/aromatic N) is 2. The van der Waals surface area contributed by atoms with Gasteiger partial charge in [0, 0.05) is 18.1 Å². The molecule has 1 heterocycles. The Labute approximate surface area is 100 Å². The summed E-state index contributed by atoms with van der Waals surface area (Å²) in [6.45, 7) is 0. The van der Waals surface area contributed by atoms with E-state index < -0.39 is 22.6 Å². The minimum Gasteiger partial charge on any atom is -0.476 e. The van der Waals surface area contributed by atoms with Gasteiger partial charge in [0.2, 0.25) is 11.7 Å². The molecule has 96 valence electrons. The lowest BCUT2D eigenvalue weighted by Crippen LogP contribution is -2.12. The van der Waals surface area contributed by atoms with Crippen molar-refractivity contribution in [1.82, 2.24) is 4.98 Å². The summed E-state index contributed by atoms with van der Waals surface area (Å²) in [5, 5.41) is 19.0. The monoisotopic (exact) mass is 256 g/mol. The van der Waals surface area contributed by atoms with Gasteiger partial charge in [0.25, 0.3) is 5.69 Å². The number of ketones is 1. The second-order valence-electron chi connectivity index (χ2n) is 3.47. The number of pyridine rings is 1. The summed E-state index contributed by atoms with van der Waals surface area (Å²) in [4.78, 5) is 34.1. The maximum Gasteiger partial charge on any atom is 0.372 e. The number of aromatic nitrogens is 1. The quantitative estimate of drug-likeness (QED) is 0.353. The lowest BCUT2D eigenvalue weighted by Gasteiger charge is -2.01. The highest BCUT2D eigenvalue weighted by Gasteiger charge is 2.17. The molecule has 0 amide bonds. The smallest absolute Gasteiger partial charge is 0.372 e. The van der Waals surface area contributed by atoms with E-state index in [2.05, 4.69) is 4.98 Å². The maximum atomic E-state index is 12.8.